The van der Waals surface area contributed by atoms with Gasteiger partial charge in [0, 0.05) is 44.8 Å². The highest BCUT2D eigenvalue weighted by Crippen LogP contribution is 2.14. The summed E-state index contributed by atoms with van der Waals surface area (Å²) in [6, 6.07) is 7.22. The number of carbonyl (C=O) groups is 1. The van der Waals surface area contributed by atoms with E-state index in [9.17, 15) is 9.59 Å². The maximum atomic E-state index is 13.0. The molecular formula is C22H25N5O3. The molecule has 8 heteroatoms. The molecule has 156 valence electrons. The number of aryl methyl sites for hydroxylation is 1. The summed E-state index contributed by atoms with van der Waals surface area (Å²) >= 11 is 0. The van der Waals surface area contributed by atoms with Gasteiger partial charge >= 0.3 is 0 Å². The summed E-state index contributed by atoms with van der Waals surface area (Å²) < 4.78 is 6.95. The molecule has 1 N–H and O–H groups in total. The molecular weight excluding hydrogens is 382 g/mol. The minimum Gasteiger partial charge on any atom is -0.379 e. The molecule has 1 fully saturated rings. The fourth-order valence-corrected chi connectivity index (χ4v) is 3.60. The van der Waals surface area contributed by atoms with Gasteiger partial charge in [0.1, 0.15) is 0 Å². The van der Waals surface area contributed by atoms with Crippen LogP contribution in [0.3, 0.4) is 0 Å². The Morgan fingerprint density at radius 3 is 2.87 bits per heavy atom. The molecule has 0 aromatic carbocycles. The number of aromatic nitrogens is 3. The Hall–Kier alpha value is -3.10. The molecule has 0 radical (unpaired) electrons. The molecule has 4 rings (SSSR count). The van der Waals surface area contributed by atoms with Gasteiger partial charge in [-0.25, -0.2) is 0 Å². The van der Waals surface area contributed by atoms with Crippen LogP contribution in [-0.4, -0.2) is 64.7 Å². The summed E-state index contributed by atoms with van der Waals surface area (Å²) in [4.78, 5) is 36.6. The summed E-state index contributed by atoms with van der Waals surface area (Å²) in [7, 11) is 0. The Morgan fingerprint density at radius 1 is 1.27 bits per heavy atom. The van der Waals surface area contributed by atoms with Crippen molar-refractivity contribution in [2.24, 2.45) is 0 Å². The Kier molecular flexibility index (Phi) is 6.15. The summed E-state index contributed by atoms with van der Waals surface area (Å²) in [5.41, 5.74) is 2.38. The van der Waals surface area contributed by atoms with Crippen LogP contribution in [0.2, 0.25) is 0 Å². The van der Waals surface area contributed by atoms with Crippen molar-refractivity contribution in [1.29, 1.82) is 0 Å². The Bertz CT molecular complexity index is 1090. The van der Waals surface area contributed by atoms with Gasteiger partial charge in [0.15, 0.2) is 0 Å². The van der Waals surface area contributed by atoms with Crippen molar-refractivity contribution >= 4 is 16.8 Å². The van der Waals surface area contributed by atoms with E-state index >= 15 is 0 Å². The number of nitrogens with one attached hydrogen (secondary N) is 1. The van der Waals surface area contributed by atoms with E-state index in [0.29, 0.717) is 35.2 Å². The van der Waals surface area contributed by atoms with Crippen molar-refractivity contribution < 1.29 is 9.53 Å². The van der Waals surface area contributed by atoms with Gasteiger partial charge in [0.2, 0.25) is 0 Å². The molecule has 0 atom stereocenters. The van der Waals surface area contributed by atoms with Crippen LogP contribution in [0.1, 0.15) is 21.6 Å². The van der Waals surface area contributed by atoms with Gasteiger partial charge in [-0.15, -0.1) is 0 Å². The topological polar surface area (TPSA) is 89.3 Å². The quantitative estimate of drug-likeness (QED) is 0.661. The van der Waals surface area contributed by atoms with Crippen LogP contribution < -0.4 is 10.9 Å². The van der Waals surface area contributed by atoms with E-state index < -0.39 is 0 Å². The largest absolute Gasteiger partial charge is 0.379 e. The van der Waals surface area contributed by atoms with E-state index in [1.807, 2.05) is 12.1 Å². The first kappa shape index (κ1) is 20.2. The van der Waals surface area contributed by atoms with Gasteiger partial charge in [-0.1, -0.05) is 6.07 Å². The summed E-state index contributed by atoms with van der Waals surface area (Å²) in [6.07, 6.45) is 5.16. The van der Waals surface area contributed by atoms with Crippen LogP contribution in [-0.2, 0) is 11.3 Å². The first-order valence-corrected chi connectivity index (χ1v) is 10.1. The van der Waals surface area contributed by atoms with Gasteiger partial charge in [0.05, 0.1) is 41.9 Å². The normalized spacial score (nSPS) is 14.7. The van der Waals surface area contributed by atoms with Crippen LogP contribution in [0.5, 0.6) is 0 Å². The lowest BCUT2D eigenvalue weighted by molar-refractivity contribution is 0.0383. The van der Waals surface area contributed by atoms with Crippen LogP contribution in [0.4, 0.5) is 0 Å². The van der Waals surface area contributed by atoms with Crippen molar-refractivity contribution in [3.05, 3.63) is 70.0 Å². The van der Waals surface area contributed by atoms with Crippen LogP contribution in [0.15, 0.2) is 47.7 Å². The number of pyridine rings is 3. The summed E-state index contributed by atoms with van der Waals surface area (Å²) in [5, 5.41) is 3.38. The summed E-state index contributed by atoms with van der Waals surface area (Å²) in [6.45, 7) is 6.73. The lowest BCUT2D eigenvalue weighted by Gasteiger charge is -2.26. The Morgan fingerprint density at radius 2 is 2.10 bits per heavy atom. The minimum atomic E-state index is -0.211. The first-order chi connectivity index (χ1) is 14.6. The predicted octanol–water partition coefficient (Wildman–Crippen LogP) is 1.21. The standard InChI is InChI=1S/C22H25N5O3/c1-16-18(21(28)24-6-8-26-9-11-30-12-10-26)13-19-20(25-16)4-7-27(22(19)29)15-17-3-2-5-23-14-17/h2-5,7,13-14H,6,8-12,15H2,1H3,(H,24,28). The number of rotatable bonds is 6. The highest BCUT2D eigenvalue weighted by Gasteiger charge is 2.15. The second-order valence-electron chi connectivity index (χ2n) is 7.37. The van der Waals surface area contributed by atoms with E-state index in [-0.39, 0.29) is 11.5 Å². The molecule has 3 aromatic rings. The second-order valence-corrected chi connectivity index (χ2v) is 7.37. The van der Waals surface area contributed by atoms with E-state index in [1.165, 1.54) is 0 Å². The third kappa shape index (κ3) is 4.55. The van der Waals surface area contributed by atoms with E-state index in [0.717, 1.165) is 38.4 Å². The zero-order valence-corrected chi connectivity index (χ0v) is 17.0. The van der Waals surface area contributed by atoms with Crippen molar-refractivity contribution in [1.82, 2.24) is 24.8 Å². The fourth-order valence-electron chi connectivity index (χ4n) is 3.60. The number of carbonyl (C=O) groups excluding carboxylic acids is 1. The molecule has 0 spiro atoms. The number of hydrogen-bond acceptors (Lipinski definition) is 6. The molecule has 4 heterocycles. The Labute approximate surface area is 174 Å². The smallest absolute Gasteiger partial charge is 0.260 e. The van der Waals surface area contributed by atoms with Crippen LogP contribution in [0, 0.1) is 6.92 Å². The van der Waals surface area contributed by atoms with E-state index in [2.05, 4.69) is 20.2 Å². The number of fused-ring (bicyclic) bond motifs is 1. The average Bonchev–Trinajstić information content (AvgIpc) is 2.77. The predicted molar refractivity (Wildman–Crippen MR) is 114 cm³/mol. The molecule has 1 aliphatic rings. The number of nitrogens with zero attached hydrogens (tertiary/aromatic N) is 4. The fraction of sp³-hybridized carbons (Fsp3) is 0.364. The molecule has 1 saturated heterocycles. The van der Waals surface area contributed by atoms with Crippen molar-refractivity contribution in [2.45, 2.75) is 13.5 Å². The van der Waals surface area contributed by atoms with Crippen molar-refractivity contribution in [3.63, 3.8) is 0 Å². The molecule has 8 nitrogen and oxygen atoms in total. The SMILES string of the molecule is Cc1nc2ccn(Cc3cccnc3)c(=O)c2cc1C(=O)NCCN1CCOCC1. The number of hydrogen-bond donors (Lipinski definition) is 1. The van der Waals surface area contributed by atoms with Gasteiger partial charge in [-0.05, 0) is 30.7 Å². The molecule has 3 aromatic heterocycles. The number of morpholine rings is 1. The molecule has 0 unspecified atom stereocenters. The zero-order valence-electron chi connectivity index (χ0n) is 17.0. The molecule has 0 bridgehead atoms. The number of ether oxygens (including phenoxy) is 1. The average molecular weight is 407 g/mol. The van der Waals surface area contributed by atoms with Gasteiger partial charge < -0.3 is 14.6 Å². The third-order valence-electron chi connectivity index (χ3n) is 5.28. The Balaban J connectivity index is 1.52. The lowest BCUT2D eigenvalue weighted by Crippen LogP contribution is -2.41. The highest BCUT2D eigenvalue weighted by atomic mass is 16.5. The molecule has 30 heavy (non-hydrogen) atoms. The number of amides is 1. The van der Waals surface area contributed by atoms with Crippen LogP contribution >= 0.6 is 0 Å². The van der Waals surface area contributed by atoms with E-state index in [1.54, 1.807) is 42.2 Å². The van der Waals surface area contributed by atoms with Gasteiger partial charge in [0.25, 0.3) is 11.5 Å². The van der Waals surface area contributed by atoms with E-state index in [4.69, 9.17) is 4.74 Å². The maximum absolute atomic E-state index is 13.0. The highest BCUT2D eigenvalue weighted by molar-refractivity contribution is 5.98. The van der Waals surface area contributed by atoms with Crippen molar-refractivity contribution in [2.75, 3.05) is 39.4 Å². The van der Waals surface area contributed by atoms with Gasteiger partial charge in [-0.3, -0.25) is 24.5 Å². The molecule has 1 aliphatic heterocycles. The van der Waals surface area contributed by atoms with Crippen LogP contribution in [0.25, 0.3) is 10.9 Å². The second kappa shape index (κ2) is 9.15. The molecule has 0 aliphatic carbocycles. The lowest BCUT2D eigenvalue weighted by atomic mass is 10.1. The van der Waals surface area contributed by atoms with Crippen molar-refractivity contribution in [3.8, 4) is 0 Å². The first-order valence-electron chi connectivity index (χ1n) is 10.1. The maximum Gasteiger partial charge on any atom is 0.260 e. The minimum absolute atomic E-state index is 0.175. The van der Waals surface area contributed by atoms with Gasteiger partial charge in [-0.2, -0.15) is 0 Å². The summed E-state index contributed by atoms with van der Waals surface area (Å²) in [5.74, 6) is -0.211. The monoisotopic (exact) mass is 407 g/mol. The zero-order chi connectivity index (χ0) is 20.9. The third-order valence-corrected chi connectivity index (χ3v) is 5.28. The molecule has 1 amide bonds. The molecule has 0 saturated carbocycles.